The van der Waals surface area contributed by atoms with Crippen LogP contribution in [0.4, 0.5) is 0 Å². The zero-order valence-corrected chi connectivity index (χ0v) is 23.4. The molecule has 0 bridgehead atoms. The normalized spacial score (nSPS) is 13.2. The van der Waals surface area contributed by atoms with Gasteiger partial charge in [0, 0.05) is 21.7 Å². The van der Waals surface area contributed by atoms with E-state index >= 15 is 0 Å². The Balaban J connectivity index is 2.05. The number of rotatable bonds is 11. The van der Waals surface area contributed by atoms with E-state index in [4.69, 9.17) is 20.9 Å². The lowest BCUT2D eigenvalue weighted by Gasteiger charge is -2.23. The third-order valence-corrected chi connectivity index (χ3v) is 7.55. The number of unbranched alkanes of at least 4 members (excludes halogenated alkanes) is 1. The van der Waals surface area contributed by atoms with Crippen LogP contribution in [0.2, 0.25) is 5.02 Å². The van der Waals surface area contributed by atoms with Gasteiger partial charge in [0.25, 0.3) is 0 Å². The quantitative estimate of drug-likeness (QED) is 0.171. The highest BCUT2D eigenvalue weighted by Crippen LogP contribution is 2.36. The molecule has 0 radical (unpaired) electrons. The van der Waals surface area contributed by atoms with Crippen molar-refractivity contribution >= 4 is 34.3 Å². The van der Waals surface area contributed by atoms with E-state index in [1.807, 2.05) is 39.8 Å². The molecule has 3 rings (SSSR count). The van der Waals surface area contributed by atoms with Crippen LogP contribution in [0.15, 0.2) is 53.1 Å². The number of benzene rings is 2. The first-order chi connectivity index (χ1) is 17.5. The van der Waals surface area contributed by atoms with Crippen LogP contribution in [0.1, 0.15) is 80.4 Å². The molecular weight excluding hydrogens is 512 g/mol. The third kappa shape index (κ3) is 7.37. The topological polar surface area (TPSA) is 98.5 Å². The summed E-state index contributed by atoms with van der Waals surface area (Å²) in [6.07, 6.45) is 1.54. The summed E-state index contributed by atoms with van der Waals surface area (Å²) in [7, 11) is -1.52. The SMILES string of the molecule is CCCCOC(=O)CC(N[S@](=O)C(C)(C)C)c1onc(C)c1-c1ccccc1C(=O)c1ccc(Cl)cc1. The average molecular weight is 545 g/mol. The largest absolute Gasteiger partial charge is 0.466 e. The standard InChI is InChI=1S/C28H33ClN2O5S/c1-6-7-16-35-24(32)17-23(31-37(34)28(3,4)5)27-25(18(2)30-36-27)21-10-8-9-11-22(21)26(33)19-12-14-20(29)15-13-19/h8-15,23,31H,6-7,16-17H2,1-5H3/t23?,37-/m1/s1. The molecule has 1 aromatic heterocycles. The highest BCUT2D eigenvalue weighted by molar-refractivity contribution is 7.84. The molecule has 2 atom stereocenters. The highest BCUT2D eigenvalue weighted by Gasteiger charge is 2.32. The van der Waals surface area contributed by atoms with Gasteiger partial charge in [0.2, 0.25) is 0 Å². The fraction of sp³-hybridized carbons (Fsp3) is 0.393. The van der Waals surface area contributed by atoms with Gasteiger partial charge in [-0.3, -0.25) is 9.59 Å². The van der Waals surface area contributed by atoms with E-state index in [2.05, 4.69) is 9.88 Å². The highest BCUT2D eigenvalue weighted by atomic mass is 35.5. The molecule has 0 aliphatic rings. The monoisotopic (exact) mass is 544 g/mol. The summed E-state index contributed by atoms with van der Waals surface area (Å²) in [6, 6.07) is 13.0. The number of esters is 1. The lowest BCUT2D eigenvalue weighted by molar-refractivity contribution is -0.144. The third-order valence-electron chi connectivity index (χ3n) is 5.69. The average Bonchev–Trinajstić information content (AvgIpc) is 3.24. The van der Waals surface area contributed by atoms with Crippen LogP contribution < -0.4 is 4.72 Å². The molecule has 1 heterocycles. The maximum Gasteiger partial charge on any atom is 0.307 e. The van der Waals surface area contributed by atoms with Crippen molar-refractivity contribution in [3.63, 3.8) is 0 Å². The van der Waals surface area contributed by atoms with Crippen molar-refractivity contribution in [2.45, 2.75) is 64.7 Å². The number of halogens is 1. The summed E-state index contributed by atoms with van der Waals surface area (Å²) in [5.41, 5.74) is 2.64. The van der Waals surface area contributed by atoms with Crippen LogP contribution in [-0.4, -0.2) is 32.5 Å². The fourth-order valence-corrected chi connectivity index (χ4v) is 4.59. The number of nitrogens with zero attached hydrogens (tertiary/aromatic N) is 1. The maximum atomic E-state index is 13.5. The Hall–Kier alpha value is -2.81. The molecule has 7 nitrogen and oxygen atoms in total. The predicted octanol–water partition coefficient (Wildman–Crippen LogP) is 6.36. The lowest BCUT2D eigenvalue weighted by Crippen LogP contribution is -2.36. The van der Waals surface area contributed by atoms with Crippen molar-refractivity contribution in [3.05, 3.63) is 76.1 Å². The molecule has 0 saturated carbocycles. The molecule has 3 aromatic rings. The molecule has 9 heteroatoms. The van der Waals surface area contributed by atoms with Crippen molar-refractivity contribution < 1.29 is 23.1 Å². The summed E-state index contributed by atoms with van der Waals surface area (Å²) in [6.45, 7) is 9.59. The van der Waals surface area contributed by atoms with Crippen LogP contribution in [0, 0.1) is 6.92 Å². The number of aromatic nitrogens is 1. The van der Waals surface area contributed by atoms with Crippen LogP contribution in [0.25, 0.3) is 11.1 Å². The van der Waals surface area contributed by atoms with Gasteiger partial charge < -0.3 is 9.26 Å². The van der Waals surface area contributed by atoms with Crippen molar-refractivity contribution in [3.8, 4) is 11.1 Å². The Morgan fingerprint density at radius 1 is 1.14 bits per heavy atom. The van der Waals surface area contributed by atoms with Crippen molar-refractivity contribution in [2.75, 3.05) is 6.61 Å². The number of hydrogen-bond acceptors (Lipinski definition) is 6. The number of aryl methyl sites for hydroxylation is 1. The number of hydrogen-bond donors (Lipinski definition) is 1. The smallest absolute Gasteiger partial charge is 0.307 e. The van der Waals surface area contributed by atoms with Gasteiger partial charge in [-0.05, 0) is 63.9 Å². The van der Waals surface area contributed by atoms with Crippen LogP contribution in [0.3, 0.4) is 0 Å². The summed E-state index contributed by atoms with van der Waals surface area (Å²) >= 11 is 6.00. The molecule has 198 valence electrons. The van der Waals surface area contributed by atoms with E-state index in [9.17, 15) is 13.8 Å². The second-order valence-corrected chi connectivity index (χ2v) is 12.2. The van der Waals surface area contributed by atoms with Gasteiger partial charge >= 0.3 is 5.97 Å². The molecule has 0 amide bonds. The first kappa shape index (κ1) is 28.8. The van der Waals surface area contributed by atoms with Gasteiger partial charge in [-0.1, -0.05) is 54.4 Å². The number of ketones is 1. The summed E-state index contributed by atoms with van der Waals surface area (Å²) in [4.78, 5) is 26.2. The van der Waals surface area contributed by atoms with Gasteiger partial charge in [-0.2, -0.15) is 0 Å². The van der Waals surface area contributed by atoms with Gasteiger partial charge in [-0.15, -0.1) is 0 Å². The fourth-order valence-electron chi connectivity index (χ4n) is 3.66. The molecule has 0 aliphatic carbocycles. The van der Waals surface area contributed by atoms with E-state index in [0.29, 0.717) is 45.3 Å². The Morgan fingerprint density at radius 2 is 1.81 bits per heavy atom. The van der Waals surface area contributed by atoms with Crippen molar-refractivity contribution in [1.82, 2.24) is 9.88 Å². The van der Waals surface area contributed by atoms with Gasteiger partial charge in [0.1, 0.15) is 0 Å². The molecule has 0 spiro atoms. The van der Waals surface area contributed by atoms with Crippen LogP contribution in [0.5, 0.6) is 0 Å². The minimum absolute atomic E-state index is 0.111. The first-order valence-corrected chi connectivity index (χ1v) is 13.7. The molecular formula is C28H33ClN2O5S. The van der Waals surface area contributed by atoms with E-state index in [-0.39, 0.29) is 12.2 Å². The summed E-state index contributed by atoms with van der Waals surface area (Å²) in [5.74, 6) is -0.318. The molecule has 1 unspecified atom stereocenters. The molecule has 0 saturated heterocycles. The molecule has 0 fully saturated rings. The first-order valence-electron chi connectivity index (χ1n) is 12.2. The van der Waals surface area contributed by atoms with E-state index in [1.165, 1.54) is 0 Å². The Kier molecular flexibility index (Phi) is 9.81. The zero-order chi connectivity index (χ0) is 27.2. The van der Waals surface area contributed by atoms with Gasteiger partial charge in [0.05, 0.1) is 40.5 Å². The number of nitrogens with one attached hydrogen (secondary N) is 1. The number of carbonyl (C=O) groups excluding carboxylic acids is 2. The predicted molar refractivity (Wildman–Crippen MR) is 146 cm³/mol. The minimum Gasteiger partial charge on any atom is -0.466 e. The van der Waals surface area contributed by atoms with Gasteiger partial charge in [0.15, 0.2) is 11.5 Å². The second-order valence-electron chi connectivity index (χ2n) is 9.72. The van der Waals surface area contributed by atoms with Crippen molar-refractivity contribution in [2.24, 2.45) is 0 Å². The lowest BCUT2D eigenvalue weighted by atomic mass is 9.91. The zero-order valence-electron chi connectivity index (χ0n) is 21.8. The van der Waals surface area contributed by atoms with Gasteiger partial charge in [-0.25, -0.2) is 8.93 Å². The van der Waals surface area contributed by atoms with E-state index < -0.39 is 27.7 Å². The van der Waals surface area contributed by atoms with E-state index in [1.54, 1.807) is 43.3 Å². The molecule has 37 heavy (non-hydrogen) atoms. The Morgan fingerprint density at radius 3 is 2.46 bits per heavy atom. The Labute approximate surface area is 225 Å². The number of ether oxygens (including phenoxy) is 1. The summed E-state index contributed by atoms with van der Waals surface area (Å²) < 4.78 is 26.6. The molecule has 2 aromatic carbocycles. The summed E-state index contributed by atoms with van der Waals surface area (Å²) in [5, 5.41) is 4.69. The van der Waals surface area contributed by atoms with Crippen LogP contribution in [-0.2, 0) is 20.5 Å². The maximum absolute atomic E-state index is 13.5. The number of carbonyl (C=O) groups is 2. The van der Waals surface area contributed by atoms with E-state index in [0.717, 1.165) is 12.8 Å². The minimum atomic E-state index is -1.52. The second kappa shape index (κ2) is 12.6. The molecule has 1 N–H and O–H groups in total. The molecule has 0 aliphatic heterocycles. The Bertz CT molecular complexity index is 1260. The van der Waals surface area contributed by atoms with Crippen LogP contribution >= 0.6 is 11.6 Å². The van der Waals surface area contributed by atoms with Crippen molar-refractivity contribution in [1.29, 1.82) is 0 Å².